The molecule has 0 bridgehead atoms. The Hall–Kier alpha value is -1.99. The lowest BCUT2D eigenvalue weighted by Crippen LogP contribution is -2.42. The first-order valence-corrected chi connectivity index (χ1v) is 9.10. The van der Waals surface area contributed by atoms with Gasteiger partial charge in [0.2, 0.25) is 10.0 Å². The largest absolute Gasteiger partial charge is 0.367 e. The van der Waals surface area contributed by atoms with Crippen molar-refractivity contribution in [2.24, 2.45) is 0 Å². The zero-order valence-electron chi connectivity index (χ0n) is 13.0. The van der Waals surface area contributed by atoms with E-state index in [9.17, 15) is 8.42 Å². The molecule has 1 aliphatic heterocycles. The van der Waals surface area contributed by atoms with Crippen LogP contribution in [0.4, 0.5) is 5.82 Å². The summed E-state index contributed by atoms with van der Waals surface area (Å²) in [5, 5.41) is 3.39. The second kappa shape index (κ2) is 6.64. The Kier molecular flexibility index (Phi) is 4.58. The molecule has 2 aromatic heterocycles. The van der Waals surface area contributed by atoms with Crippen molar-refractivity contribution >= 4 is 15.8 Å². The molecular weight excluding hydrogens is 312 g/mol. The van der Waals surface area contributed by atoms with Crippen LogP contribution in [0.1, 0.15) is 18.5 Å². The van der Waals surface area contributed by atoms with Gasteiger partial charge in [-0.15, -0.1) is 0 Å². The van der Waals surface area contributed by atoms with Gasteiger partial charge in [-0.2, -0.15) is 4.31 Å². The van der Waals surface area contributed by atoms with E-state index in [-0.39, 0.29) is 10.9 Å². The maximum Gasteiger partial charge on any atom is 0.244 e. The first-order chi connectivity index (χ1) is 11.1. The Morgan fingerprint density at radius 2 is 1.96 bits per heavy atom. The summed E-state index contributed by atoms with van der Waals surface area (Å²) in [4.78, 5) is 8.59. The fourth-order valence-electron chi connectivity index (χ4n) is 2.72. The van der Waals surface area contributed by atoms with Crippen LogP contribution in [0.5, 0.6) is 0 Å². The summed E-state index contributed by atoms with van der Waals surface area (Å²) >= 11 is 0. The molecular formula is C16H20N4O2S. The minimum absolute atomic E-state index is 0.240. The van der Waals surface area contributed by atoms with Crippen LogP contribution >= 0.6 is 0 Å². The average Bonchev–Trinajstić information content (AvgIpc) is 2.56. The number of aromatic nitrogens is 2. The zero-order valence-corrected chi connectivity index (χ0v) is 13.8. The third-order valence-corrected chi connectivity index (χ3v) is 5.85. The van der Waals surface area contributed by atoms with Crippen LogP contribution in [0.25, 0.3) is 0 Å². The predicted octanol–water partition coefficient (Wildman–Crippen LogP) is 2.05. The first kappa shape index (κ1) is 15.9. The van der Waals surface area contributed by atoms with Gasteiger partial charge < -0.3 is 5.32 Å². The van der Waals surface area contributed by atoms with Gasteiger partial charge in [0.05, 0.1) is 0 Å². The lowest BCUT2D eigenvalue weighted by molar-refractivity contribution is 0.329. The van der Waals surface area contributed by atoms with E-state index in [0.29, 0.717) is 13.1 Å². The summed E-state index contributed by atoms with van der Waals surface area (Å²) in [5.41, 5.74) is 0.964. The van der Waals surface area contributed by atoms with Crippen LogP contribution in [0.3, 0.4) is 0 Å². The standard InChI is InChI=1S/C16H20N4O2S/c1-13-4-2-6-16(18-13)19-14-7-10-20(11-8-14)23(21,22)15-5-3-9-17-12-15/h2-6,9,12,14H,7-8,10-11H2,1H3,(H,18,19). The van der Waals surface area contributed by atoms with Gasteiger partial charge in [0, 0.05) is 37.2 Å². The molecule has 2 aromatic rings. The van der Waals surface area contributed by atoms with Gasteiger partial charge in [-0.25, -0.2) is 13.4 Å². The fraction of sp³-hybridized carbons (Fsp3) is 0.375. The maximum atomic E-state index is 12.6. The summed E-state index contributed by atoms with van der Waals surface area (Å²) in [6, 6.07) is 9.32. The lowest BCUT2D eigenvalue weighted by Gasteiger charge is -2.31. The van der Waals surface area contributed by atoms with E-state index >= 15 is 0 Å². The monoisotopic (exact) mass is 332 g/mol. The van der Waals surface area contributed by atoms with Crippen molar-refractivity contribution in [2.45, 2.75) is 30.7 Å². The normalized spacial score (nSPS) is 17.1. The summed E-state index contributed by atoms with van der Waals surface area (Å²) in [5.74, 6) is 0.846. The molecule has 23 heavy (non-hydrogen) atoms. The van der Waals surface area contributed by atoms with Crippen LogP contribution in [-0.4, -0.2) is 41.8 Å². The molecule has 0 atom stereocenters. The van der Waals surface area contributed by atoms with Crippen molar-refractivity contribution < 1.29 is 8.42 Å². The van der Waals surface area contributed by atoms with Gasteiger partial charge in [-0.3, -0.25) is 4.98 Å². The minimum atomic E-state index is -3.44. The molecule has 122 valence electrons. The number of hydrogen-bond donors (Lipinski definition) is 1. The first-order valence-electron chi connectivity index (χ1n) is 7.66. The van der Waals surface area contributed by atoms with Gasteiger partial charge in [-0.1, -0.05) is 6.07 Å². The van der Waals surface area contributed by atoms with Crippen molar-refractivity contribution in [3.63, 3.8) is 0 Å². The topological polar surface area (TPSA) is 75.2 Å². The SMILES string of the molecule is Cc1cccc(NC2CCN(S(=O)(=O)c3cccnc3)CC2)n1. The number of aryl methyl sites for hydroxylation is 1. The van der Waals surface area contributed by atoms with Crippen LogP contribution in [-0.2, 0) is 10.0 Å². The number of piperidine rings is 1. The van der Waals surface area contributed by atoms with Crippen molar-refractivity contribution in [1.82, 2.24) is 14.3 Å². The average molecular weight is 332 g/mol. The van der Waals surface area contributed by atoms with E-state index in [4.69, 9.17) is 0 Å². The highest BCUT2D eigenvalue weighted by Gasteiger charge is 2.29. The second-order valence-electron chi connectivity index (χ2n) is 5.68. The highest BCUT2D eigenvalue weighted by Crippen LogP contribution is 2.21. The molecule has 0 amide bonds. The molecule has 1 fully saturated rings. The zero-order chi connectivity index (χ0) is 16.3. The molecule has 0 aliphatic carbocycles. The van der Waals surface area contributed by atoms with E-state index < -0.39 is 10.0 Å². The number of pyridine rings is 2. The third-order valence-electron chi connectivity index (χ3n) is 3.97. The molecule has 1 N–H and O–H groups in total. The van der Waals surface area contributed by atoms with Gasteiger partial charge in [-0.05, 0) is 44.0 Å². The molecule has 1 saturated heterocycles. The van der Waals surface area contributed by atoms with Crippen LogP contribution in [0, 0.1) is 6.92 Å². The van der Waals surface area contributed by atoms with Gasteiger partial charge in [0.1, 0.15) is 10.7 Å². The quantitative estimate of drug-likeness (QED) is 0.927. The Balaban J connectivity index is 1.62. The molecule has 3 heterocycles. The molecule has 0 unspecified atom stereocenters. The Morgan fingerprint density at radius 3 is 2.61 bits per heavy atom. The summed E-state index contributed by atoms with van der Waals surface area (Å²) < 4.78 is 26.6. The van der Waals surface area contributed by atoms with Gasteiger partial charge in [0.15, 0.2) is 0 Å². The summed E-state index contributed by atoms with van der Waals surface area (Å²) in [7, 11) is -3.44. The Morgan fingerprint density at radius 1 is 1.17 bits per heavy atom. The fourth-order valence-corrected chi connectivity index (χ4v) is 4.16. The maximum absolute atomic E-state index is 12.6. The highest BCUT2D eigenvalue weighted by molar-refractivity contribution is 7.89. The van der Waals surface area contributed by atoms with E-state index in [1.54, 1.807) is 18.3 Å². The Bertz CT molecular complexity index is 757. The van der Waals surface area contributed by atoms with Gasteiger partial charge >= 0.3 is 0 Å². The molecule has 6 nitrogen and oxygen atoms in total. The predicted molar refractivity (Wildman–Crippen MR) is 88.6 cm³/mol. The number of anilines is 1. The molecule has 0 saturated carbocycles. The molecule has 0 aromatic carbocycles. The second-order valence-corrected chi connectivity index (χ2v) is 7.61. The van der Waals surface area contributed by atoms with Crippen LogP contribution in [0.15, 0.2) is 47.6 Å². The van der Waals surface area contributed by atoms with Crippen LogP contribution < -0.4 is 5.32 Å². The highest BCUT2D eigenvalue weighted by atomic mass is 32.2. The number of nitrogens with one attached hydrogen (secondary N) is 1. The van der Waals surface area contributed by atoms with Crippen molar-refractivity contribution in [1.29, 1.82) is 0 Å². The van der Waals surface area contributed by atoms with E-state index in [2.05, 4.69) is 15.3 Å². The summed E-state index contributed by atoms with van der Waals surface area (Å²) in [6.07, 6.45) is 4.49. The van der Waals surface area contributed by atoms with Gasteiger partial charge in [0.25, 0.3) is 0 Å². The Labute approximate surface area is 136 Å². The lowest BCUT2D eigenvalue weighted by atomic mass is 10.1. The minimum Gasteiger partial charge on any atom is -0.367 e. The summed E-state index contributed by atoms with van der Waals surface area (Å²) in [6.45, 7) is 2.95. The number of rotatable bonds is 4. The van der Waals surface area contributed by atoms with E-state index in [1.165, 1.54) is 10.5 Å². The van der Waals surface area contributed by atoms with Crippen molar-refractivity contribution in [3.8, 4) is 0 Å². The van der Waals surface area contributed by atoms with Crippen molar-refractivity contribution in [3.05, 3.63) is 48.4 Å². The third kappa shape index (κ3) is 3.68. The van der Waals surface area contributed by atoms with Crippen LogP contribution in [0.2, 0.25) is 0 Å². The molecule has 0 radical (unpaired) electrons. The van der Waals surface area contributed by atoms with E-state index in [1.807, 2.05) is 25.1 Å². The number of sulfonamides is 1. The van der Waals surface area contributed by atoms with Crippen molar-refractivity contribution in [2.75, 3.05) is 18.4 Å². The van der Waals surface area contributed by atoms with E-state index in [0.717, 1.165) is 24.4 Å². The number of nitrogens with zero attached hydrogens (tertiary/aromatic N) is 3. The number of hydrogen-bond acceptors (Lipinski definition) is 5. The molecule has 7 heteroatoms. The molecule has 1 aliphatic rings. The molecule has 3 rings (SSSR count). The molecule has 0 spiro atoms. The smallest absolute Gasteiger partial charge is 0.244 e.